The highest BCUT2D eigenvalue weighted by Gasteiger charge is 2.41. The number of nitrogens with zero attached hydrogens (tertiary/aromatic N) is 5. The van der Waals surface area contributed by atoms with Crippen LogP contribution in [0.25, 0.3) is 0 Å². The Kier molecular flexibility index (Phi) is 13.6. The Morgan fingerprint density at radius 1 is 1.00 bits per heavy atom. The van der Waals surface area contributed by atoms with E-state index in [1.807, 2.05) is 44.9 Å². The number of likely N-dealkylation sites (tertiary alicyclic amines) is 1. The summed E-state index contributed by atoms with van der Waals surface area (Å²) >= 11 is 0. The van der Waals surface area contributed by atoms with E-state index in [1.54, 1.807) is 12.1 Å². The molecule has 4 fully saturated rings. The molecule has 2 saturated heterocycles. The minimum atomic E-state index is -0.389. The van der Waals surface area contributed by atoms with Gasteiger partial charge in [0.2, 0.25) is 5.91 Å². The van der Waals surface area contributed by atoms with E-state index in [1.165, 1.54) is 12.8 Å². The molecule has 2 aliphatic carbocycles. The zero-order valence-electron chi connectivity index (χ0n) is 34.7. The fourth-order valence-corrected chi connectivity index (χ4v) is 9.21. The number of aromatic nitrogens is 2. The predicted molar refractivity (Wildman–Crippen MR) is 222 cm³/mol. The van der Waals surface area contributed by atoms with Crippen LogP contribution in [0.3, 0.4) is 0 Å². The van der Waals surface area contributed by atoms with Crippen LogP contribution in [-0.4, -0.2) is 131 Å². The number of hydrogen-bond acceptors (Lipinski definition) is 10. The van der Waals surface area contributed by atoms with Gasteiger partial charge in [-0.3, -0.25) is 24.0 Å². The molecular weight excluding hydrogens is 770 g/mol. The maximum Gasteiger partial charge on any atom is 0.274 e. The molecular formula is C45H60FN7O7. The Hall–Kier alpha value is -4.57. The average Bonchev–Trinajstić information content (AvgIpc) is 3.66. The van der Waals surface area contributed by atoms with Crippen LogP contribution >= 0.6 is 0 Å². The number of fused-ring (bicyclic) bond motifs is 1. The quantitative estimate of drug-likeness (QED) is 0.123. The highest BCUT2D eigenvalue weighted by molar-refractivity contribution is 5.97. The monoisotopic (exact) mass is 829 g/mol. The van der Waals surface area contributed by atoms with E-state index in [9.17, 15) is 19.5 Å². The van der Waals surface area contributed by atoms with Crippen LogP contribution in [0.5, 0.6) is 11.5 Å². The van der Waals surface area contributed by atoms with Gasteiger partial charge in [-0.05, 0) is 87.1 Å². The molecule has 15 heteroatoms. The number of benzene rings is 2. The molecule has 4 heterocycles. The molecule has 14 nitrogen and oxygen atoms in total. The van der Waals surface area contributed by atoms with Crippen molar-refractivity contribution in [2.75, 3.05) is 77.6 Å². The average molecular weight is 830 g/mol. The van der Waals surface area contributed by atoms with Crippen LogP contribution in [0.1, 0.15) is 85.0 Å². The Morgan fingerprint density at radius 2 is 1.82 bits per heavy atom. The van der Waals surface area contributed by atoms with Gasteiger partial charge in [0.05, 0.1) is 38.4 Å². The van der Waals surface area contributed by atoms with Gasteiger partial charge in [0, 0.05) is 63.6 Å². The minimum Gasteiger partial charge on any atom is -0.506 e. The second kappa shape index (κ2) is 19.4. The number of carbonyl (C=O) groups is 3. The summed E-state index contributed by atoms with van der Waals surface area (Å²) in [5, 5.41) is 20.8. The lowest BCUT2D eigenvalue weighted by molar-refractivity contribution is -0.134. The van der Waals surface area contributed by atoms with E-state index >= 15 is 4.39 Å². The summed E-state index contributed by atoms with van der Waals surface area (Å²) in [5.74, 6) is 0.719. The van der Waals surface area contributed by atoms with Crippen molar-refractivity contribution in [3.05, 3.63) is 70.8 Å². The summed E-state index contributed by atoms with van der Waals surface area (Å²) in [4.78, 5) is 44.7. The van der Waals surface area contributed by atoms with Crippen molar-refractivity contribution in [1.29, 1.82) is 0 Å². The number of rotatable bonds is 18. The van der Waals surface area contributed by atoms with Gasteiger partial charge < -0.3 is 39.8 Å². The third kappa shape index (κ3) is 10.5. The molecule has 3 aliphatic heterocycles. The first kappa shape index (κ1) is 42.1. The van der Waals surface area contributed by atoms with Gasteiger partial charge in [0.25, 0.3) is 11.8 Å². The third-order valence-corrected chi connectivity index (χ3v) is 12.8. The first-order valence-electron chi connectivity index (χ1n) is 22.0. The number of hydrogen-bond donors (Lipinski definition) is 3. The molecule has 0 bridgehead atoms. The summed E-state index contributed by atoms with van der Waals surface area (Å²) in [6.45, 7) is 6.91. The number of piperidine rings is 1. The molecule has 5 aliphatic rings. The van der Waals surface area contributed by atoms with Crippen LogP contribution in [0.2, 0.25) is 0 Å². The Balaban J connectivity index is 0.745. The minimum absolute atomic E-state index is 0.0211. The van der Waals surface area contributed by atoms with Gasteiger partial charge >= 0.3 is 0 Å². The lowest BCUT2D eigenvalue weighted by Crippen LogP contribution is -2.58. The van der Waals surface area contributed by atoms with Crippen molar-refractivity contribution in [3.8, 4) is 11.5 Å². The molecule has 0 atom stereocenters. The highest BCUT2D eigenvalue weighted by atomic mass is 19.1. The molecule has 8 rings (SSSR count). The van der Waals surface area contributed by atoms with Gasteiger partial charge in [-0.1, -0.05) is 37.1 Å². The van der Waals surface area contributed by atoms with Crippen molar-refractivity contribution in [2.24, 2.45) is 5.92 Å². The lowest BCUT2D eigenvalue weighted by Gasteiger charge is -2.47. The van der Waals surface area contributed by atoms with Crippen LogP contribution in [0.15, 0.2) is 42.6 Å². The number of phenolic OH excluding ortho intramolecular Hbond substituents is 1. The number of phenols is 1. The topological polar surface area (TPSA) is 151 Å². The van der Waals surface area contributed by atoms with E-state index in [4.69, 9.17) is 14.2 Å². The number of carbonyl (C=O) groups excluding carboxylic acids is 3. The van der Waals surface area contributed by atoms with Gasteiger partial charge in [0.1, 0.15) is 22.9 Å². The number of aromatic hydroxyl groups is 1. The van der Waals surface area contributed by atoms with Gasteiger partial charge in [0.15, 0.2) is 12.4 Å². The number of ether oxygens (including phenoxy) is 3. The summed E-state index contributed by atoms with van der Waals surface area (Å²) in [5.41, 5.74) is 2.58. The molecule has 0 unspecified atom stereocenters. The van der Waals surface area contributed by atoms with Crippen molar-refractivity contribution in [1.82, 2.24) is 29.8 Å². The van der Waals surface area contributed by atoms with Crippen LogP contribution in [0, 0.1) is 11.7 Å². The molecule has 60 heavy (non-hydrogen) atoms. The van der Waals surface area contributed by atoms with Gasteiger partial charge in [-0.25, -0.2) is 4.39 Å². The van der Waals surface area contributed by atoms with Crippen LogP contribution < -0.4 is 15.4 Å². The van der Waals surface area contributed by atoms with Crippen molar-refractivity contribution >= 4 is 23.4 Å². The van der Waals surface area contributed by atoms with E-state index in [0.29, 0.717) is 99.5 Å². The fourth-order valence-electron chi connectivity index (χ4n) is 9.21. The number of anilines is 1. The number of nitrogens with one attached hydrogen (secondary N) is 2. The summed E-state index contributed by atoms with van der Waals surface area (Å²) in [6.07, 6.45) is 11.5. The zero-order chi connectivity index (χ0) is 41.5. The van der Waals surface area contributed by atoms with Crippen molar-refractivity contribution in [3.63, 3.8) is 0 Å². The molecule has 1 spiro atoms. The second-order valence-electron chi connectivity index (χ2n) is 17.2. The summed E-state index contributed by atoms with van der Waals surface area (Å²) in [6, 6.07) is 11.0. The predicted octanol–water partition coefficient (Wildman–Crippen LogP) is 4.53. The Bertz CT molecular complexity index is 1970. The van der Waals surface area contributed by atoms with E-state index < -0.39 is 0 Å². The summed E-state index contributed by atoms with van der Waals surface area (Å²) in [7, 11) is 0. The Morgan fingerprint density at radius 3 is 2.63 bits per heavy atom. The molecule has 1 aromatic heterocycles. The van der Waals surface area contributed by atoms with Crippen LogP contribution in [0.4, 0.5) is 10.1 Å². The smallest absolute Gasteiger partial charge is 0.274 e. The molecule has 3 amide bonds. The number of halogens is 1. The molecule has 3 aromatic rings. The molecule has 324 valence electrons. The van der Waals surface area contributed by atoms with E-state index in [2.05, 4.69) is 20.6 Å². The van der Waals surface area contributed by atoms with E-state index in [0.717, 1.165) is 63.7 Å². The number of amides is 3. The lowest BCUT2D eigenvalue weighted by atomic mass is 9.89. The molecule has 2 aromatic carbocycles. The standard InChI is InChI=1S/C45H60FN7O7/c46-41-33(4-3-5-35(41)29-50-21-16-45(17-22-50)31-51(24-27-60-45)44(57)37-13-20-52(49-37)28-32-8-9-32)14-25-58-26-15-40(56)53(36-6-1-2-7-36)23-19-47-18-12-34-10-11-38(54)42-43(34)59-30-39(55)48-42/h3-5,10-11,13,20,32,36,47,54H,1-2,6-9,12,14-19,21-31H2,(H,48,55). The normalized spacial score (nSPS) is 19.3. The van der Waals surface area contributed by atoms with Gasteiger partial charge in [-0.2, -0.15) is 5.10 Å². The van der Waals surface area contributed by atoms with Crippen LogP contribution in [-0.2, 0) is 45.0 Å². The second-order valence-corrected chi connectivity index (χ2v) is 17.2. The Labute approximate surface area is 351 Å². The first-order chi connectivity index (χ1) is 29.2. The van der Waals surface area contributed by atoms with Crippen molar-refractivity contribution < 1.29 is 38.1 Å². The third-order valence-electron chi connectivity index (χ3n) is 12.8. The zero-order valence-corrected chi connectivity index (χ0v) is 34.7. The van der Waals surface area contributed by atoms with Crippen molar-refractivity contribution in [2.45, 2.75) is 95.4 Å². The van der Waals surface area contributed by atoms with E-state index in [-0.39, 0.29) is 60.6 Å². The molecule has 0 radical (unpaired) electrons. The van der Waals surface area contributed by atoms with Gasteiger partial charge in [-0.15, -0.1) is 0 Å². The highest BCUT2D eigenvalue weighted by Crippen LogP contribution is 2.39. The maximum absolute atomic E-state index is 15.8. The summed E-state index contributed by atoms with van der Waals surface area (Å²) < 4.78 is 35.5. The fraction of sp³-hybridized carbons (Fsp3) is 0.600. The maximum atomic E-state index is 15.8. The number of morpholine rings is 1. The SMILES string of the molecule is O=C1COc2c(CCNCCN(C(=O)CCOCCc3cccc(CN4CCC5(CC4)CN(C(=O)c4ccn(CC6CC6)n4)CCO5)c3F)C3CCCC3)ccc(O)c2N1. The molecule has 2 saturated carbocycles. The molecule has 3 N–H and O–H groups in total. The largest absolute Gasteiger partial charge is 0.506 e. The first-order valence-corrected chi connectivity index (χ1v) is 22.0.